The second-order valence-corrected chi connectivity index (χ2v) is 7.06. The van der Waals surface area contributed by atoms with Crippen LogP contribution in [0.25, 0.3) is 0 Å². The van der Waals surface area contributed by atoms with Crippen molar-refractivity contribution in [2.24, 2.45) is 11.8 Å². The first-order valence-electron chi connectivity index (χ1n) is 8.89. The molecule has 134 valence electrons. The van der Waals surface area contributed by atoms with Gasteiger partial charge < -0.3 is 15.7 Å². The van der Waals surface area contributed by atoms with Gasteiger partial charge in [0.2, 0.25) is 5.91 Å². The van der Waals surface area contributed by atoms with Crippen molar-refractivity contribution in [3.05, 3.63) is 35.6 Å². The number of hydrogen-bond donors (Lipinski definition) is 3. The maximum absolute atomic E-state index is 12.9. The van der Waals surface area contributed by atoms with E-state index in [0.717, 1.165) is 13.1 Å². The van der Waals surface area contributed by atoms with Gasteiger partial charge in [-0.15, -0.1) is 0 Å². The average molecular weight is 336 g/mol. The zero-order chi connectivity index (χ0) is 17.5. The van der Waals surface area contributed by atoms with Crippen LogP contribution in [-0.2, 0) is 4.79 Å². The van der Waals surface area contributed by atoms with Crippen molar-refractivity contribution in [3.8, 4) is 0 Å². The number of amides is 1. The molecular formula is C19H29FN2O2. The van der Waals surface area contributed by atoms with Crippen LogP contribution >= 0.6 is 0 Å². The number of hydrogen-bond acceptors (Lipinski definition) is 3. The standard InChI is InChI=1S/C19H29FN2O2/c1-13(16-4-3-9-21-12-16)10-19(24)22-14(2)11-18(23)15-5-7-17(20)8-6-15/h5-8,13-14,16,18,21,23H,3-4,9-12H2,1-2H3,(H,22,24). The first kappa shape index (κ1) is 18.9. The predicted molar refractivity (Wildman–Crippen MR) is 93.0 cm³/mol. The molecule has 0 saturated carbocycles. The Morgan fingerprint density at radius 3 is 2.71 bits per heavy atom. The maximum atomic E-state index is 12.9. The average Bonchev–Trinajstić information content (AvgIpc) is 2.55. The molecule has 1 heterocycles. The van der Waals surface area contributed by atoms with Crippen LogP contribution in [-0.4, -0.2) is 30.1 Å². The van der Waals surface area contributed by atoms with Gasteiger partial charge in [0.1, 0.15) is 5.82 Å². The monoisotopic (exact) mass is 336 g/mol. The summed E-state index contributed by atoms with van der Waals surface area (Å²) in [7, 11) is 0. The van der Waals surface area contributed by atoms with Gasteiger partial charge in [-0.3, -0.25) is 4.79 Å². The van der Waals surface area contributed by atoms with Crippen LogP contribution in [0.2, 0.25) is 0 Å². The van der Waals surface area contributed by atoms with Crippen molar-refractivity contribution in [2.45, 2.75) is 51.7 Å². The van der Waals surface area contributed by atoms with Gasteiger partial charge in [0.05, 0.1) is 6.10 Å². The Morgan fingerprint density at radius 1 is 1.38 bits per heavy atom. The van der Waals surface area contributed by atoms with Crippen LogP contribution in [0.4, 0.5) is 4.39 Å². The lowest BCUT2D eigenvalue weighted by Crippen LogP contribution is -2.38. The molecule has 0 aromatic heterocycles. The highest BCUT2D eigenvalue weighted by Gasteiger charge is 2.23. The third kappa shape index (κ3) is 5.87. The summed E-state index contributed by atoms with van der Waals surface area (Å²) in [5, 5.41) is 16.6. The molecule has 1 aromatic carbocycles. The Hall–Kier alpha value is -1.46. The van der Waals surface area contributed by atoms with Gasteiger partial charge in [-0.1, -0.05) is 19.1 Å². The minimum absolute atomic E-state index is 0.0341. The molecule has 4 nitrogen and oxygen atoms in total. The van der Waals surface area contributed by atoms with E-state index >= 15 is 0 Å². The lowest BCUT2D eigenvalue weighted by Gasteiger charge is -2.28. The Balaban J connectivity index is 1.75. The van der Waals surface area contributed by atoms with E-state index in [1.165, 1.54) is 25.0 Å². The number of benzene rings is 1. The molecule has 1 saturated heterocycles. The van der Waals surface area contributed by atoms with Crippen LogP contribution in [0, 0.1) is 17.7 Å². The second kappa shape index (κ2) is 9.14. The van der Waals surface area contributed by atoms with Crippen molar-refractivity contribution in [1.82, 2.24) is 10.6 Å². The largest absolute Gasteiger partial charge is 0.388 e. The molecule has 1 aliphatic heterocycles. The third-order valence-electron chi connectivity index (χ3n) is 4.89. The summed E-state index contributed by atoms with van der Waals surface area (Å²) in [6, 6.07) is 5.69. The summed E-state index contributed by atoms with van der Waals surface area (Å²) >= 11 is 0. The van der Waals surface area contributed by atoms with Gasteiger partial charge in [0.15, 0.2) is 0 Å². The molecule has 2 rings (SSSR count). The van der Waals surface area contributed by atoms with Gasteiger partial charge in [-0.05, 0) is 68.8 Å². The SMILES string of the molecule is CC(CC(O)c1ccc(F)cc1)NC(=O)CC(C)C1CCCNC1. The van der Waals surface area contributed by atoms with Crippen molar-refractivity contribution in [2.75, 3.05) is 13.1 Å². The Bertz CT molecular complexity index is 515. The van der Waals surface area contributed by atoms with E-state index < -0.39 is 6.10 Å². The van der Waals surface area contributed by atoms with E-state index in [1.54, 1.807) is 12.1 Å². The zero-order valence-electron chi connectivity index (χ0n) is 14.6. The number of carbonyl (C=O) groups excluding carboxylic acids is 1. The molecule has 5 heteroatoms. The highest BCUT2D eigenvalue weighted by atomic mass is 19.1. The second-order valence-electron chi connectivity index (χ2n) is 7.06. The molecule has 0 spiro atoms. The molecule has 0 bridgehead atoms. The summed E-state index contributed by atoms with van der Waals surface area (Å²) < 4.78 is 12.9. The topological polar surface area (TPSA) is 61.4 Å². The summed E-state index contributed by atoms with van der Waals surface area (Å²) in [5.41, 5.74) is 0.666. The Morgan fingerprint density at radius 2 is 2.08 bits per heavy atom. The maximum Gasteiger partial charge on any atom is 0.220 e. The normalized spacial score (nSPS) is 21.8. The molecule has 1 aromatic rings. The number of rotatable bonds is 7. The fourth-order valence-corrected chi connectivity index (χ4v) is 3.37. The highest BCUT2D eigenvalue weighted by Crippen LogP contribution is 2.23. The molecule has 3 N–H and O–H groups in total. The van der Waals surface area contributed by atoms with Gasteiger partial charge >= 0.3 is 0 Å². The molecule has 24 heavy (non-hydrogen) atoms. The minimum atomic E-state index is -0.708. The van der Waals surface area contributed by atoms with E-state index in [0.29, 0.717) is 30.2 Å². The van der Waals surface area contributed by atoms with Crippen LogP contribution in [0.3, 0.4) is 0 Å². The van der Waals surface area contributed by atoms with Gasteiger partial charge in [0.25, 0.3) is 0 Å². The molecule has 0 aliphatic carbocycles. The minimum Gasteiger partial charge on any atom is -0.388 e. The van der Waals surface area contributed by atoms with E-state index in [9.17, 15) is 14.3 Å². The number of carbonyl (C=O) groups is 1. The number of aliphatic hydroxyl groups is 1. The van der Waals surface area contributed by atoms with Gasteiger partial charge in [-0.25, -0.2) is 4.39 Å². The first-order chi connectivity index (χ1) is 11.5. The molecule has 0 radical (unpaired) electrons. The van der Waals surface area contributed by atoms with E-state index in [4.69, 9.17) is 0 Å². The molecule has 4 atom stereocenters. The van der Waals surface area contributed by atoms with Gasteiger partial charge in [-0.2, -0.15) is 0 Å². The highest BCUT2D eigenvalue weighted by molar-refractivity contribution is 5.76. The van der Waals surface area contributed by atoms with Crippen molar-refractivity contribution >= 4 is 5.91 Å². The number of aliphatic hydroxyl groups excluding tert-OH is 1. The van der Waals surface area contributed by atoms with E-state index in [2.05, 4.69) is 17.6 Å². The fourth-order valence-electron chi connectivity index (χ4n) is 3.37. The van der Waals surface area contributed by atoms with E-state index in [1.807, 2.05) is 6.92 Å². The Labute approximate surface area is 143 Å². The Kier molecular flexibility index (Phi) is 7.18. The zero-order valence-corrected chi connectivity index (χ0v) is 14.6. The predicted octanol–water partition coefficient (Wildman–Crippen LogP) is 2.78. The number of nitrogens with one attached hydrogen (secondary N) is 2. The van der Waals surface area contributed by atoms with Crippen LogP contribution in [0.15, 0.2) is 24.3 Å². The first-order valence-corrected chi connectivity index (χ1v) is 8.89. The van der Waals surface area contributed by atoms with Crippen molar-refractivity contribution in [3.63, 3.8) is 0 Å². The molecule has 1 aliphatic rings. The molecule has 1 fully saturated rings. The lowest BCUT2D eigenvalue weighted by molar-refractivity contribution is -0.123. The fraction of sp³-hybridized carbons (Fsp3) is 0.632. The summed E-state index contributed by atoms with van der Waals surface area (Å²) in [6.45, 7) is 6.09. The molecular weight excluding hydrogens is 307 g/mol. The number of halogens is 1. The van der Waals surface area contributed by atoms with Crippen molar-refractivity contribution in [1.29, 1.82) is 0 Å². The summed E-state index contributed by atoms with van der Waals surface area (Å²) in [6.07, 6.45) is 2.58. The van der Waals surface area contributed by atoms with E-state index in [-0.39, 0.29) is 17.8 Å². The smallest absolute Gasteiger partial charge is 0.220 e. The summed E-state index contributed by atoms with van der Waals surface area (Å²) in [4.78, 5) is 12.2. The molecule has 4 unspecified atom stereocenters. The van der Waals surface area contributed by atoms with Crippen LogP contribution in [0.1, 0.15) is 51.2 Å². The van der Waals surface area contributed by atoms with Crippen LogP contribution < -0.4 is 10.6 Å². The summed E-state index contributed by atoms with van der Waals surface area (Å²) in [5.74, 6) is 0.627. The van der Waals surface area contributed by atoms with Gasteiger partial charge in [0, 0.05) is 12.5 Å². The quantitative estimate of drug-likeness (QED) is 0.717. The number of piperidine rings is 1. The molecule has 1 amide bonds. The third-order valence-corrected chi connectivity index (χ3v) is 4.89. The van der Waals surface area contributed by atoms with Crippen LogP contribution in [0.5, 0.6) is 0 Å². The van der Waals surface area contributed by atoms with Crippen molar-refractivity contribution < 1.29 is 14.3 Å². The lowest BCUT2D eigenvalue weighted by atomic mass is 9.85.